The molecule has 0 amide bonds. The predicted molar refractivity (Wildman–Crippen MR) is 83.0 cm³/mol. The largest absolute Gasteiger partial charge is 0.475 e. The van der Waals surface area contributed by atoms with Gasteiger partial charge < -0.3 is 14.8 Å². The molecule has 21 heavy (non-hydrogen) atoms. The van der Waals surface area contributed by atoms with Crippen LogP contribution in [0.2, 0.25) is 0 Å². The zero-order chi connectivity index (χ0) is 15.1. The lowest BCUT2D eigenvalue weighted by Gasteiger charge is -2.09. The highest BCUT2D eigenvalue weighted by Gasteiger charge is 2.03. The fourth-order valence-corrected chi connectivity index (χ4v) is 2.00. The lowest BCUT2D eigenvalue weighted by Crippen LogP contribution is -2.06. The van der Waals surface area contributed by atoms with Crippen molar-refractivity contribution in [3.8, 4) is 5.88 Å². The molecule has 2 rings (SSSR count). The predicted octanol–water partition coefficient (Wildman–Crippen LogP) is 3.62. The van der Waals surface area contributed by atoms with Crippen molar-refractivity contribution in [2.75, 3.05) is 25.6 Å². The standard InChI is InChI=1S/C15H16BrFN2O2/c1-20-6-7-21-15-5-4-13(10-19-15)18-9-11-2-3-12(16)8-14(11)17/h2-5,8,10,18H,6-7,9H2,1H3. The molecule has 0 saturated heterocycles. The number of nitrogens with one attached hydrogen (secondary N) is 1. The van der Waals surface area contributed by atoms with Gasteiger partial charge in [-0.1, -0.05) is 22.0 Å². The molecule has 0 aliphatic rings. The second-order valence-electron chi connectivity index (χ2n) is 4.32. The van der Waals surface area contributed by atoms with Gasteiger partial charge in [0.2, 0.25) is 5.88 Å². The second kappa shape index (κ2) is 7.95. The summed E-state index contributed by atoms with van der Waals surface area (Å²) in [6.07, 6.45) is 1.65. The highest BCUT2D eigenvalue weighted by Crippen LogP contribution is 2.17. The summed E-state index contributed by atoms with van der Waals surface area (Å²) < 4.78 is 24.7. The summed E-state index contributed by atoms with van der Waals surface area (Å²) in [4.78, 5) is 4.16. The molecule has 1 heterocycles. The van der Waals surface area contributed by atoms with E-state index in [1.807, 2.05) is 12.1 Å². The van der Waals surface area contributed by atoms with Gasteiger partial charge >= 0.3 is 0 Å². The number of aromatic nitrogens is 1. The third kappa shape index (κ3) is 4.99. The lowest BCUT2D eigenvalue weighted by molar-refractivity contribution is 0.144. The van der Waals surface area contributed by atoms with Gasteiger partial charge in [0.15, 0.2) is 0 Å². The van der Waals surface area contributed by atoms with Gasteiger partial charge in [-0.3, -0.25) is 0 Å². The van der Waals surface area contributed by atoms with Crippen LogP contribution in [0.4, 0.5) is 10.1 Å². The summed E-state index contributed by atoms with van der Waals surface area (Å²) in [6, 6.07) is 8.59. The Morgan fingerprint density at radius 2 is 2.10 bits per heavy atom. The number of methoxy groups -OCH3 is 1. The van der Waals surface area contributed by atoms with Gasteiger partial charge in [-0.2, -0.15) is 0 Å². The van der Waals surface area contributed by atoms with E-state index in [4.69, 9.17) is 9.47 Å². The Kier molecular flexibility index (Phi) is 5.95. The maximum absolute atomic E-state index is 13.7. The minimum atomic E-state index is -0.246. The first-order chi connectivity index (χ1) is 10.2. The van der Waals surface area contributed by atoms with Gasteiger partial charge in [0, 0.05) is 29.8 Å². The highest BCUT2D eigenvalue weighted by molar-refractivity contribution is 9.10. The van der Waals surface area contributed by atoms with Crippen molar-refractivity contribution in [2.24, 2.45) is 0 Å². The SMILES string of the molecule is COCCOc1ccc(NCc2ccc(Br)cc2F)cn1. The van der Waals surface area contributed by atoms with Crippen LogP contribution in [0.25, 0.3) is 0 Å². The highest BCUT2D eigenvalue weighted by atomic mass is 79.9. The van der Waals surface area contributed by atoms with Crippen LogP contribution >= 0.6 is 15.9 Å². The van der Waals surface area contributed by atoms with Crippen LogP contribution in [0.1, 0.15) is 5.56 Å². The molecule has 0 radical (unpaired) electrons. The molecule has 0 aliphatic carbocycles. The van der Waals surface area contributed by atoms with Crippen molar-refractivity contribution in [1.82, 2.24) is 4.98 Å². The van der Waals surface area contributed by atoms with E-state index in [9.17, 15) is 4.39 Å². The molecule has 4 nitrogen and oxygen atoms in total. The molecule has 0 bridgehead atoms. The zero-order valence-electron chi connectivity index (χ0n) is 11.6. The van der Waals surface area contributed by atoms with E-state index < -0.39 is 0 Å². The number of nitrogens with zero attached hydrogens (tertiary/aromatic N) is 1. The summed E-state index contributed by atoms with van der Waals surface area (Å²) in [5.41, 5.74) is 1.40. The van der Waals surface area contributed by atoms with Gasteiger partial charge in [-0.05, 0) is 18.2 Å². The normalized spacial score (nSPS) is 10.4. The fourth-order valence-electron chi connectivity index (χ4n) is 1.66. The fraction of sp³-hybridized carbons (Fsp3) is 0.267. The first kappa shape index (κ1) is 15.7. The minimum absolute atomic E-state index is 0.246. The van der Waals surface area contributed by atoms with Gasteiger partial charge in [0.1, 0.15) is 12.4 Å². The molecule has 1 aromatic heterocycles. The summed E-state index contributed by atoms with van der Waals surface area (Å²) in [7, 11) is 1.62. The topological polar surface area (TPSA) is 43.4 Å². The Morgan fingerprint density at radius 1 is 1.24 bits per heavy atom. The first-order valence-corrected chi connectivity index (χ1v) is 7.24. The number of pyridine rings is 1. The van der Waals surface area contributed by atoms with Crippen LogP contribution in [0.15, 0.2) is 41.0 Å². The third-order valence-electron chi connectivity index (χ3n) is 2.77. The van der Waals surface area contributed by atoms with E-state index in [2.05, 4.69) is 26.2 Å². The van der Waals surface area contributed by atoms with E-state index in [1.54, 1.807) is 25.4 Å². The molecule has 112 valence electrons. The van der Waals surface area contributed by atoms with Crippen LogP contribution in [0.3, 0.4) is 0 Å². The number of halogens is 2. The van der Waals surface area contributed by atoms with Crippen LogP contribution in [0.5, 0.6) is 5.88 Å². The zero-order valence-corrected chi connectivity index (χ0v) is 13.2. The van der Waals surface area contributed by atoms with Crippen molar-refractivity contribution < 1.29 is 13.9 Å². The summed E-state index contributed by atoms with van der Waals surface area (Å²) in [5.74, 6) is 0.289. The molecular weight excluding hydrogens is 339 g/mol. The van der Waals surface area contributed by atoms with Gasteiger partial charge in [-0.15, -0.1) is 0 Å². The smallest absolute Gasteiger partial charge is 0.213 e. The van der Waals surface area contributed by atoms with E-state index in [0.717, 1.165) is 10.2 Å². The molecule has 2 aromatic rings. The summed E-state index contributed by atoms with van der Waals surface area (Å²) >= 11 is 3.23. The van der Waals surface area contributed by atoms with Crippen LogP contribution in [-0.2, 0) is 11.3 Å². The quantitative estimate of drug-likeness (QED) is 0.771. The molecule has 0 saturated carbocycles. The third-order valence-corrected chi connectivity index (χ3v) is 3.27. The van der Waals surface area contributed by atoms with Crippen LogP contribution in [0, 0.1) is 5.82 Å². The monoisotopic (exact) mass is 354 g/mol. The Hall–Kier alpha value is -1.66. The van der Waals surface area contributed by atoms with Gasteiger partial charge in [0.05, 0.1) is 18.5 Å². The Labute approximate surface area is 131 Å². The second-order valence-corrected chi connectivity index (χ2v) is 5.23. The van der Waals surface area contributed by atoms with E-state index in [0.29, 0.717) is 31.2 Å². The number of benzene rings is 1. The Balaban J connectivity index is 1.88. The van der Waals surface area contributed by atoms with Crippen LogP contribution < -0.4 is 10.1 Å². The van der Waals surface area contributed by atoms with E-state index >= 15 is 0 Å². The molecule has 0 aliphatic heterocycles. The van der Waals surface area contributed by atoms with Crippen molar-refractivity contribution in [1.29, 1.82) is 0 Å². The molecular formula is C15H16BrFN2O2. The lowest BCUT2D eigenvalue weighted by atomic mass is 10.2. The molecule has 1 N–H and O–H groups in total. The molecule has 1 aromatic carbocycles. The number of anilines is 1. The van der Waals surface area contributed by atoms with Gasteiger partial charge in [-0.25, -0.2) is 9.37 Å². The van der Waals surface area contributed by atoms with Crippen molar-refractivity contribution in [3.05, 3.63) is 52.4 Å². The number of rotatable bonds is 7. The number of hydrogen-bond acceptors (Lipinski definition) is 4. The minimum Gasteiger partial charge on any atom is -0.475 e. The first-order valence-electron chi connectivity index (χ1n) is 6.44. The van der Waals surface area contributed by atoms with Crippen molar-refractivity contribution >= 4 is 21.6 Å². The molecule has 0 unspecified atom stereocenters. The summed E-state index contributed by atoms with van der Waals surface area (Å²) in [5, 5.41) is 3.12. The molecule has 0 atom stereocenters. The molecule has 0 spiro atoms. The van der Waals surface area contributed by atoms with Crippen molar-refractivity contribution in [3.63, 3.8) is 0 Å². The average Bonchev–Trinajstić information content (AvgIpc) is 2.48. The van der Waals surface area contributed by atoms with Crippen LogP contribution in [-0.4, -0.2) is 25.3 Å². The van der Waals surface area contributed by atoms with Crippen molar-refractivity contribution in [2.45, 2.75) is 6.54 Å². The van der Waals surface area contributed by atoms with E-state index in [-0.39, 0.29) is 5.82 Å². The number of hydrogen-bond donors (Lipinski definition) is 1. The number of ether oxygens (including phenoxy) is 2. The Morgan fingerprint density at radius 3 is 2.76 bits per heavy atom. The summed E-state index contributed by atoms with van der Waals surface area (Å²) in [6.45, 7) is 1.37. The Bertz CT molecular complexity index is 578. The molecule has 0 fully saturated rings. The van der Waals surface area contributed by atoms with E-state index in [1.165, 1.54) is 6.07 Å². The maximum atomic E-state index is 13.7. The maximum Gasteiger partial charge on any atom is 0.213 e. The average molecular weight is 355 g/mol. The molecule has 6 heteroatoms. The van der Waals surface area contributed by atoms with Gasteiger partial charge in [0.25, 0.3) is 0 Å².